The highest BCUT2D eigenvalue weighted by Gasteiger charge is 1.89. The van der Waals surface area contributed by atoms with Crippen molar-refractivity contribution >= 4 is 11.8 Å². The molecule has 0 atom stereocenters. The molecule has 0 aliphatic carbocycles. The summed E-state index contributed by atoms with van der Waals surface area (Å²) in [6, 6.07) is 6.55. The lowest BCUT2D eigenvalue weighted by Crippen LogP contribution is -1.72. The van der Waals surface area contributed by atoms with Gasteiger partial charge in [-0.1, -0.05) is 33.8 Å². The van der Waals surface area contributed by atoms with E-state index in [-0.39, 0.29) is 5.82 Å². The van der Waals surface area contributed by atoms with Crippen LogP contribution >= 0.6 is 11.8 Å². The summed E-state index contributed by atoms with van der Waals surface area (Å²) in [5.74, 6) is -0.165. The molecule has 0 nitrogen and oxygen atoms in total. The van der Waals surface area contributed by atoms with Crippen LogP contribution in [0.5, 0.6) is 0 Å². The standard InChI is InChI=1S/C7H7FS.2C2H6/c1-9-7-4-2-3-6(8)5-7;2*1-2/h2-5H,1H3;2*1-2H3. The molecule has 0 fully saturated rings. The van der Waals surface area contributed by atoms with E-state index in [9.17, 15) is 4.39 Å². The third kappa shape index (κ3) is 7.85. The van der Waals surface area contributed by atoms with Crippen LogP contribution in [-0.4, -0.2) is 6.26 Å². The van der Waals surface area contributed by atoms with Crippen molar-refractivity contribution in [3.05, 3.63) is 30.1 Å². The Hall–Kier alpha value is -0.500. The molecule has 1 aromatic carbocycles. The number of hydrogen-bond donors (Lipinski definition) is 0. The first-order valence-corrected chi connectivity index (χ1v) is 5.85. The van der Waals surface area contributed by atoms with E-state index < -0.39 is 0 Å². The van der Waals surface area contributed by atoms with Gasteiger partial charge in [-0.25, -0.2) is 4.39 Å². The Bertz CT molecular complexity index is 199. The van der Waals surface area contributed by atoms with Crippen LogP contribution in [0.4, 0.5) is 4.39 Å². The number of rotatable bonds is 1. The van der Waals surface area contributed by atoms with E-state index >= 15 is 0 Å². The molecule has 1 aromatic rings. The van der Waals surface area contributed by atoms with Gasteiger partial charge in [-0.3, -0.25) is 0 Å². The van der Waals surface area contributed by atoms with Crippen LogP contribution in [0.25, 0.3) is 0 Å². The molecule has 1 rings (SSSR count). The van der Waals surface area contributed by atoms with Gasteiger partial charge >= 0.3 is 0 Å². The first-order valence-electron chi connectivity index (χ1n) is 4.62. The summed E-state index contributed by atoms with van der Waals surface area (Å²) in [6.07, 6.45) is 1.93. The molecule has 0 aliphatic heterocycles. The third-order valence-corrected chi connectivity index (χ3v) is 1.76. The molecule has 0 saturated heterocycles. The molecule has 0 amide bonds. The molecule has 0 aliphatic rings. The zero-order valence-electron chi connectivity index (χ0n) is 9.10. The van der Waals surface area contributed by atoms with E-state index in [4.69, 9.17) is 0 Å². The lowest BCUT2D eigenvalue weighted by molar-refractivity contribution is 0.624. The van der Waals surface area contributed by atoms with Gasteiger partial charge in [0, 0.05) is 4.90 Å². The largest absolute Gasteiger partial charge is 0.207 e. The van der Waals surface area contributed by atoms with Crippen molar-refractivity contribution in [1.29, 1.82) is 0 Å². The van der Waals surface area contributed by atoms with Gasteiger partial charge in [-0.15, -0.1) is 11.8 Å². The van der Waals surface area contributed by atoms with Crippen LogP contribution < -0.4 is 0 Å². The fourth-order valence-corrected chi connectivity index (χ4v) is 1.04. The van der Waals surface area contributed by atoms with Crippen LogP contribution in [0.3, 0.4) is 0 Å². The molecular formula is C11H19FS. The molecule has 0 bridgehead atoms. The van der Waals surface area contributed by atoms with Gasteiger partial charge in [0.2, 0.25) is 0 Å². The van der Waals surface area contributed by atoms with Gasteiger partial charge in [0.15, 0.2) is 0 Å². The zero-order chi connectivity index (χ0) is 10.7. The molecular weight excluding hydrogens is 183 g/mol. The lowest BCUT2D eigenvalue weighted by atomic mass is 10.4. The summed E-state index contributed by atoms with van der Waals surface area (Å²) in [5.41, 5.74) is 0. The summed E-state index contributed by atoms with van der Waals surface area (Å²) in [7, 11) is 0. The van der Waals surface area contributed by atoms with E-state index in [0.29, 0.717) is 0 Å². The Kier molecular flexibility index (Phi) is 13.3. The SMILES string of the molecule is CC.CC.CSc1cccc(F)c1. The van der Waals surface area contributed by atoms with Gasteiger partial charge in [-0.05, 0) is 24.5 Å². The molecule has 0 saturated carbocycles. The molecule has 0 N–H and O–H groups in total. The molecule has 13 heavy (non-hydrogen) atoms. The summed E-state index contributed by atoms with van der Waals surface area (Å²) < 4.78 is 12.3. The van der Waals surface area contributed by atoms with Crippen molar-refractivity contribution in [1.82, 2.24) is 0 Å². The normalized spacial score (nSPS) is 7.54. The minimum atomic E-state index is -0.165. The molecule has 0 heterocycles. The van der Waals surface area contributed by atoms with Gasteiger partial charge in [-0.2, -0.15) is 0 Å². The van der Waals surface area contributed by atoms with Crippen molar-refractivity contribution < 1.29 is 4.39 Å². The fourth-order valence-electron chi connectivity index (χ4n) is 0.594. The average molecular weight is 202 g/mol. The Morgan fingerprint density at radius 3 is 1.92 bits per heavy atom. The highest BCUT2D eigenvalue weighted by atomic mass is 32.2. The third-order valence-electron chi connectivity index (χ3n) is 1.03. The van der Waals surface area contributed by atoms with Gasteiger partial charge < -0.3 is 0 Å². The van der Waals surface area contributed by atoms with Crippen LogP contribution in [-0.2, 0) is 0 Å². The fraction of sp³-hybridized carbons (Fsp3) is 0.455. The van der Waals surface area contributed by atoms with Crippen molar-refractivity contribution in [2.75, 3.05) is 6.26 Å². The summed E-state index contributed by atoms with van der Waals surface area (Å²) in [4.78, 5) is 0.968. The smallest absolute Gasteiger partial charge is 0.124 e. The molecule has 76 valence electrons. The van der Waals surface area contributed by atoms with Crippen LogP contribution in [0, 0.1) is 5.82 Å². The van der Waals surface area contributed by atoms with Crippen molar-refractivity contribution in [3.8, 4) is 0 Å². The summed E-state index contributed by atoms with van der Waals surface area (Å²) >= 11 is 1.54. The van der Waals surface area contributed by atoms with E-state index in [0.717, 1.165) is 4.90 Å². The van der Waals surface area contributed by atoms with Crippen LogP contribution in [0.2, 0.25) is 0 Å². The topological polar surface area (TPSA) is 0 Å². The Labute approximate surface area is 85.6 Å². The highest BCUT2D eigenvalue weighted by Crippen LogP contribution is 2.14. The Morgan fingerprint density at radius 1 is 1.08 bits per heavy atom. The number of halogens is 1. The number of hydrogen-bond acceptors (Lipinski definition) is 1. The van der Waals surface area contributed by atoms with Gasteiger partial charge in [0.05, 0.1) is 0 Å². The van der Waals surface area contributed by atoms with E-state index in [1.165, 1.54) is 12.1 Å². The maximum Gasteiger partial charge on any atom is 0.124 e. The molecule has 2 heteroatoms. The average Bonchev–Trinajstić information content (AvgIpc) is 2.24. The van der Waals surface area contributed by atoms with Crippen molar-refractivity contribution in [3.63, 3.8) is 0 Å². The maximum absolute atomic E-state index is 12.3. The quantitative estimate of drug-likeness (QED) is 0.600. The van der Waals surface area contributed by atoms with E-state index in [1.807, 2.05) is 40.0 Å². The maximum atomic E-state index is 12.3. The second-order valence-corrected chi connectivity index (χ2v) is 2.54. The highest BCUT2D eigenvalue weighted by molar-refractivity contribution is 7.98. The minimum absolute atomic E-state index is 0.165. The van der Waals surface area contributed by atoms with Gasteiger partial charge in [0.25, 0.3) is 0 Å². The Morgan fingerprint density at radius 2 is 1.62 bits per heavy atom. The van der Waals surface area contributed by atoms with Crippen molar-refractivity contribution in [2.45, 2.75) is 32.6 Å². The second-order valence-electron chi connectivity index (χ2n) is 1.66. The molecule has 0 aromatic heterocycles. The minimum Gasteiger partial charge on any atom is -0.207 e. The lowest BCUT2D eigenvalue weighted by Gasteiger charge is -1.92. The predicted molar refractivity (Wildman–Crippen MR) is 60.9 cm³/mol. The second kappa shape index (κ2) is 11.5. The monoisotopic (exact) mass is 202 g/mol. The summed E-state index contributed by atoms with van der Waals surface area (Å²) in [5, 5.41) is 0. The molecule has 0 radical (unpaired) electrons. The first-order chi connectivity index (χ1) is 6.33. The van der Waals surface area contributed by atoms with E-state index in [2.05, 4.69) is 0 Å². The van der Waals surface area contributed by atoms with Crippen molar-refractivity contribution in [2.24, 2.45) is 0 Å². The van der Waals surface area contributed by atoms with Crippen LogP contribution in [0.15, 0.2) is 29.2 Å². The molecule has 0 spiro atoms. The molecule has 0 unspecified atom stereocenters. The number of benzene rings is 1. The summed E-state index contributed by atoms with van der Waals surface area (Å²) in [6.45, 7) is 8.00. The predicted octanol–water partition coefficient (Wildman–Crippen LogP) is 4.60. The number of thioether (sulfide) groups is 1. The first kappa shape index (κ1) is 15.0. The zero-order valence-corrected chi connectivity index (χ0v) is 9.91. The van der Waals surface area contributed by atoms with Gasteiger partial charge in [0.1, 0.15) is 5.82 Å². The van der Waals surface area contributed by atoms with E-state index in [1.54, 1.807) is 17.8 Å². The Balaban J connectivity index is 0. The van der Waals surface area contributed by atoms with Crippen LogP contribution in [0.1, 0.15) is 27.7 Å².